The molecule has 4 nitrogen and oxygen atoms in total. The molecule has 0 aliphatic carbocycles. The topological polar surface area (TPSA) is 42.8 Å². The van der Waals surface area contributed by atoms with E-state index in [9.17, 15) is 4.79 Å². The highest BCUT2D eigenvalue weighted by Gasteiger charge is 2.19. The van der Waals surface area contributed by atoms with Gasteiger partial charge >= 0.3 is 0 Å². The van der Waals surface area contributed by atoms with E-state index in [0.717, 1.165) is 11.3 Å². The van der Waals surface area contributed by atoms with E-state index in [1.54, 1.807) is 7.11 Å². The van der Waals surface area contributed by atoms with Crippen molar-refractivity contribution >= 4 is 5.91 Å². The van der Waals surface area contributed by atoms with Crippen LogP contribution in [0.5, 0.6) is 5.75 Å². The molecule has 2 aromatic rings. The fourth-order valence-electron chi connectivity index (χ4n) is 2.57. The summed E-state index contributed by atoms with van der Waals surface area (Å²) in [6.07, 6.45) is 0. The lowest BCUT2D eigenvalue weighted by molar-refractivity contribution is -0.890. The number of aryl methyl sites for hydroxylation is 1. The minimum absolute atomic E-state index is 0.0338. The van der Waals surface area contributed by atoms with Gasteiger partial charge in [-0.05, 0) is 43.3 Å². The second kappa shape index (κ2) is 7.79. The number of hydrogen-bond acceptors (Lipinski definition) is 2. The van der Waals surface area contributed by atoms with Crippen LogP contribution in [0.3, 0.4) is 0 Å². The Morgan fingerprint density at radius 2 is 1.87 bits per heavy atom. The van der Waals surface area contributed by atoms with Gasteiger partial charge in [0.05, 0.1) is 27.7 Å². The maximum Gasteiger partial charge on any atom is 0.251 e. The van der Waals surface area contributed by atoms with E-state index in [-0.39, 0.29) is 11.9 Å². The number of ether oxygens (including phenoxy) is 1. The fraction of sp³-hybridized carbons (Fsp3) is 0.316. The molecule has 0 heterocycles. The zero-order valence-electron chi connectivity index (χ0n) is 14.2. The third-order valence-electron chi connectivity index (χ3n) is 3.96. The van der Waals surface area contributed by atoms with Crippen LogP contribution in [0, 0.1) is 6.92 Å². The Morgan fingerprint density at radius 1 is 1.17 bits per heavy atom. The maximum absolute atomic E-state index is 12.3. The molecule has 4 heteroatoms. The van der Waals surface area contributed by atoms with Gasteiger partial charge in [0, 0.05) is 11.1 Å². The van der Waals surface area contributed by atoms with Gasteiger partial charge in [0.25, 0.3) is 5.91 Å². The summed E-state index contributed by atoms with van der Waals surface area (Å²) in [6.45, 7) is 2.57. The van der Waals surface area contributed by atoms with Crippen LogP contribution in [-0.2, 0) is 0 Å². The molecule has 1 amide bonds. The summed E-state index contributed by atoms with van der Waals surface area (Å²) in [5.74, 6) is 0.804. The lowest BCUT2D eigenvalue weighted by atomic mass is 10.1. The first kappa shape index (κ1) is 17.0. The van der Waals surface area contributed by atoms with E-state index in [2.05, 4.69) is 31.5 Å². The van der Waals surface area contributed by atoms with Gasteiger partial charge in [-0.15, -0.1) is 0 Å². The molecule has 23 heavy (non-hydrogen) atoms. The van der Waals surface area contributed by atoms with Gasteiger partial charge in [-0.25, -0.2) is 0 Å². The SMILES string of the molecule is COc1ccc([C@H](CNC(=O)c2cccc(C)c2)[NH+](C)C)cc1. The van der Waals surface area contributed by atoms with E-state index in [4.69, 9.17) is 4.74 Å². The summed E-state index contributed by atoms with van der Waals surface area (Å²) in [5.41, 5.74) is 2.96. The van der Waals surface area contributed by atoms with Crippen molar-refractivity contribution in [3.63, 3.8) is 0 Å². The fourth-order valence-corrected chi connectivity index (χ4v) is 2.57. The molecule has 0 aromatic heterocycles. The van der Waals surface area contributed by atoms with Crippen molar-refractivity contribution in [3.05, 3.63) is 65.2 Å². The molecule has 0 aliphatic heterocycles. The van der Waals surface area contributed by atoms with Crippen LogP contribution >= 0.6 is 0 Å². The Morgan fingerprint density at radius 3 is 2.43 bits per heavy atom. The highest BCUT2D eigenvalue weighted by molar-refractivity contribution is 5.94. The summed E-state index contributed by atoms with van der Waals surface area (Å²) < 4.78 is 5.20. The standard InChI is InChI=1S/C19H24N2O2/c1-14-6-5-7-16(12-14)19(22)20-13-18(21(2)3)15-8-10-17(23-4)11-9-15/h5-12,18H,13H2,1-4H3,(H,20,22)/p+1/t18-/m0/s1. The molecule has 2 aromatic carbocycles. The van der Waals surface area contributed by atoms with Gasteiger partial charge in [0.15, 0.2) is 0 Å². The second-order valence-electron chi connectivity index (χ2n) is 5.98. The van der Waals surface area contributed by atoms with Crippen LogP contribution in [0.1, 0.15) is 27.5 Å². The minimum atomic E-state index is -0.0338. The number of rotatable bonds is 6. The summed E-state index contributed by atoms with van der Waals surface area (Å²) >= 11 is 0. The third kappa shape index (κ3) is 4.57. The molecule has 0 fully saturated rings. The predicted octanol–water partition coefficient (Wildman–Crippen LogP) is 1.62. The highest BCUT2D eigenvalue weighted by Crippen LogP contribution is 2.15. The lowest BCUT2D eigenvalue weighted by Crippen LogP contribution is -3.07. The number of nitrogens with one attached hydrogen (secondary N) is 2. The molecule has 1 atom stereocenters. The molecule has 0 saturated heterocycles. The number of carbonyl (C=O) groups excluding carboxylic acids is 1. The second-order valence-corrected chi connectivity index (χ2v) is 5.98. The molecule has 0 radical (unpaired) electrons. The molecule has 2 rings (SSSR count). The van der Waals surface area contributed by atoms with Gasteiger partial charge in [-0.3, -0.25) is 4.79 Å². The Hall–Kier alpha value is -2.33. The monoisotopic (exact) mass is 313 g/mol. The van der Waals surface area contributed by atoms with Gasteiger partial charge < -0.3 is 15.0 Å². The Kier molecular flexibility index (Phi) is 5.77. The van der Waals surface area contributed by atoms with Crippen molar-refractivity contribution in [3.8, 4) is 5.75 Å². The van der Waals surface area contributed by atoms with E-state index in [1.807, 2.05) is 43.3 Å². The highest BCUT2D eigenvalue weighted by atomic mass is 16.5. The summed E-state index contributed by atoms with van der Waals surface area (Å²) in [5, 5.41) is 3.04. The lowest BCUT2D eigenvalue weighted by Gasteiger charge is -2.22. The van der Waals surface area contributed by atoms with Crippen molar-refractivity contribution in [2.75, 3.05) is 27.7 Å². The quantitative estimate of drug-likeness (QED) is 0.851. The number of likely N-dealkylation sites (N-methyl/N-ethyl adjacent to an activating group) is 1. The molecule has 0 saturated carbocycles. The molecule has 0 aliphatic rings. The molecular weight excluding hydrogens is 288 g/mol. The molecule has 0 unspecified atom stereocenters. The number of hydrogen-bond donors (Lipinski definition) is 2. The van der Waals surface area contributed by atoms with Crippen LogP contribution in [0.25, 0.3) is 0 Å². The zero-order valence-corrected chi connectivity index (χ0v) is 14.2. The van der Waals surface area contributed by atoms with Gasteiger partial charge in [0.1, 0.15) is 11.8 Å². The van der Waals surface area contributed by atoms with Crippen molar-refractivity contribution in [1.29, 1.82) is 0 Å². The first-order chi connectivity index (χ1) is 11.0. The van der Waals surface area contributed by atoms with Crippen LogP contribution in [0.2, 0.25) is 0 Å². The van der Waals surface area contributed by atoms with Gasteiger partial charge in [0.2, 0.25) is 0 Å². The van der Waals surface area contributed by atoms with Crippen molar-refractivity contribution in [2.24, 2.45) is 0 Å². The van der Waals surface area contributed by atoms with Gasteiger partial charge in [-0.1, -0.05) is 17.7 Å². The van der Waals surface area contributed by atoms with Crippen molar-refractivity contribution in [1.82, 2.24) is 5.32 Å². The summed E-state index contributed by atoms with van der Waals surface area (Å²) in [6, 6.07) is 15.8. The molecule has 0 bridgehead atoms. The van der Waals surface area contributed by atoms with Crippen LogP contribution in [0.4, 0.5) is 0 Å². The summed E-state index contributed by atoms with van der Waals surface area (Å²) in [4.78, 5) is 13.6. The van der Waals surface area contributed by atoms with E-state index >= 15 is 0 Å². The first-order valence-electron chi connectivity index (χ1n) is 7.80. The molecular formula is C19H25N2O2+. The van der Waals surface area contributed by atoms with Crippen LogP contribution < -0.4 is 15.0 Å². The number of methoxy groups -OCH3 is 1. The molecule has 2 N–H and O–H groups in total. The first-order valence-corrected chi connectivity index (χ1v) is 7.80. The van der Waals surface area contributed by atoms with Crippen molar-refractivity contribution in [2.45, 2.75) is 13.0 Å². The number of carbonyl (C=O) groups is 1. The average molecular weight is 313 g/mol. The third-order valence-corrected chi connectivity index (χ3v) is 3.96. The molecule has 122 valence electrons. The molecule has 0 spiro atoms. The smallest absolute Gasteiger partial charge is 0.251 e. The van der Waals surface area contributed by atoms with E-state index in [1.165, 1.54) is 10.5 Å². The minimum Gasteiger partial charge on any atom is -0.497 e. The van der Waals surface area contributed by atoms with E-state index in [0.29, 0.717) is 12.1 Å². The number of benzene rings is 2. The normalized spacial score (nSPS) is 12.0. The Balaban J connectivity index is 2.06. The van der Waals surface area contributed by atoms with Gasteiger partial charge in [-0.2, -0.15) is 0 Å². The number of quaternary nitrogens is 1. The zero-order chi connectivity index (χ0) is 16.8. The Bertz CT molecular complexity index is 651. The van der Waals surface area contributed by atoms with Crippen LogP contribution in [-0.4, -0.2) is 33.7 Å². The average Bonchev–Trinajstić information content (AvgIpc) is 2.55. The summed E-state index contributed by atoms with van der Waals surface area (Å²) in [7, 11) is 5.84. The van der Waals surface area contributed by atoms with E-state index < -0.39 is 0 Å². The van der Waals surface area contributed by atoms with Crippen molar-refractivity contribution < 1.29 is 14.4 Å². The largest absolute Gasteiger partial charge is 0.497 e. The maximum atomic E-state index is 12.3. The Labute approximate surface area is 138 Å². The predicted molar refractivity (Wildman–Crippen MR) is 92.1 cm³/mol. The van der Waals surface area contributed by atoms with Crippen LogP contribution in [0.15, 0.2) is 48.5 Å². The number of amides is 1.